The summed E-state index contributed by atoms with van der Waals surface area (Å²) in [6, 6.07) is 8.79. The normalized spacial score (nSPS) is 22.8. The fraction of sp³-hybridized carbons (Fsp3) is 0.235. The number of ether oxygens (including phenoxy) is 3. The van der Waals surface area contributed by atoms with E-state index in [1.807, 2.05) is 12.1 Å². The minimum absolute atomic E-state index is 0.0289. The first-order chi connectivity index (χ1) is 11.6. The number of aromatic nitrogens is 1. The molecule has 0 saturated heterocycles. The average Bonchev–Trinajstić information content (AvgIpc) is 3.18. The van der Waals surface area contributed by atoms with Crippen molar-refractivity contribution < 1.29 is 19.0 Å². The van der Waals surface area contributed by atoms with Crippen LogP contribution >= 0.6 is 0 Å². The number of esters is 1. The van der Waals surface area contributed by atoms with Crippen molar-refractivity contribution >= 4 is 11.8 Å². The molecule has 4 rings (SSSR count). The molecule has 1 aliphatic heterocycles. The summed E-state index contributed by atoms with van der Waals surface area (Å²) in [6.07, 6.45) is 1.40. The summed E-state index contributed by atoms with van der Waals surface area (Å²) in [5.41, 5.74) is 6.74. The van der Waals surface area contributed by atoms with Gasteiger partial charge in [-0.3, -0.25) is 15.2 Å². The first-order valence-electron chi connectivity index (χ1n) is 7.45. The molecule has 1 saturated carbocycles. The molecule has 1 aromatic carbocycles. The third-order valence-corrected chi connectivity index (χ3v) is 4.27. The van der Waals surface area contributed by atoms with E-state index in [1.165, 1.54) is 13.3 Å². The monoisotopic (exact) mass is 325 g/mol. The van der Waals surface area contributed by atoms with Crippen LogP contribution in [0.4, 0.5) is 0 Å². The van der Waals surface area contributed by atoms with Crippen molar-refractivity contribution in [3.63, 3.8) is 0 Å². The van der Waals surface area contributed by atoms with E-state index in [-0.39, 0.29) is 29.7 Å². The maximum Gasteiger partial charge on any atom is 0.313 e. The average molecular weight is 325 g/mol. The van der Waals surface area contributed by atoms with Crippen LogP contribution in [0.25, 0.3) is 0 Å². The molecule has 7 nitrogen and oxygen atoms in total. The van der Waals surface area contributed by atoms with Gasteiger partial charge in [0.2, 0.25) is 0 Å². The number of nitrogen functional groups attached to an aromatic ring is 1. The topological polar surface area (TPSA) is 108 Å². The van der Waals surface area contributed by atoms with E-state index in [0.717, 1.165) is 11.3 Å². The van der Waals surface area contributed by atoms with Gasteiger partial charge in [-0.05, 0) is 24.3 Å². The lowest BCUT2D eigenvalue weighted by Gasteiger charge is -2.11. The highest BCUT2D eigenvalue weighted by Crippen LogP contribution is 2.59. The minimum Gasteiger partial charge on any atom is -0.489 e. The zero-order valence-corrected chi connectivity index (χ0v) is 12.9. The molecule has 3 atom stereocenters. The highest BCUT2D eigenvalue weighted by molar-refractivity contribution is 5.93. The van der Waals surface area contributed by atoms with Crippen LogP contribution in [0.3, 0.4) is 0 Å². The zero-order valence-electron chi connectivity index (χ0n) is 12.9. The van der Waals surface area contributed by atoms with E-state index in [9.17, 15) is 4.79 Å². The highest BCUT2D eigenvalue weighted by Gasteiger charge is 2.63. The number of amidine groups is 1. The second-order valence-electron chi connectivity index (χ2n) is 5.75. The van der Waals surface area contributed by atoms with Gasteiger partial charge in [0.25, 0.3) is 0 Å². The Morgan fingerprint density at radius 3 is 2.83 bits per heavy atom. The summed E-state index contributed by atoms with van der Waals surface area (Å²) in [5, 5.41) is 7.42. The van der Waals surface area contributed by atoms with Gasteiger partial charge in [-0.2, -0.15) is 0 Å². The number of hydrogen-bond acceptors (Lipinski definition) is 6. The largest absolute Gasteiger partial charge is 0.489 e. The van der Waals surface area contributed by atoms with E-state index in [1.54, 1.807) is 18.2 Å². The van der Waals surface area contributed by atoms with Gasteiger partial charge in [-0.1, -0.05) is 0 Å². The van der Waals surface area contributed by atoms with E-state index in [2.05, 4.69) is 4.98 Å². The van der Waals surface area contributed by atoms with Crippen LogP contribution in [0.5, 0.6) is 17.2 Å². The lowest BCUT2D eigenvalue weighted by Crippen LogP contribution is -2.12. The van der Waals surface area contributed by atoms with Crippen LogP contribution < -0.4 is 15.2 Å². The molecule has 0 bridgehead atoms. The number of carbonyl (C=O) groups is 1. The molecular formula is C17H15N3O4. The quantitative estimate of drug-likeness (QED) is 0.504. The molecule has 122 valence electrons. The Balaban J connectivity index is 1.57. The smallest absolute Gasteiger partial charge is 0.313 e. The molecule has 1 aliphatic carbocycles. The Kier molecular flexibility index (Phi) is 3.16. The highest BCUT2D eigenvalue weighted by atomic mass is 16.5. The second-order valence-corrected chi connectivity index (χ2v) is 5.75. The van der Waals surface area contributed by atoms with Gasteiger partial charge in [0.15, 0.2) is 0 Å². The second kappa shape index (κ2) is 5.23. The number of nitrogens with two attached hydrogens (primary N) is 1. The van der Waals surface area contributed by atoms with Gasteiger partial charge in [-0.15, -0.1) is 0 Å². The van der Waals surface area contributed by atoms with Gasteiger partial charge >= 0.3 is 5.97 Å². The fourth-order valence-electron chi connectivity index (χ4n) is 3.08. The Bertz CT molecular complexity index is 851. The number of methoxy groups -OCH3 is 1. The lowest BCUT2D eigenvalue weighted by molar-refractivity contribution is -0.143. The van der Waals surface area contributed by atoms with Crippen molar-refractivity contribution in [2.75, 3.05) is 7.11 Å². The number of nitrogens with zero attached hydrogens (tertiary/aromatic N) is 1. The van der Waals surface area contributed by atoms with Gasteiger partial charge in [0.1, 0.15) is 40.8 Å². The Labute approximate surface area is 137 Å². The molecule has 24 heavy (non-hydrogen) atoms. The molecule has 0 radical (unpaired) electrons. The van der Waals surface area contributed by atoms with Crippen molar-refractivity contribution in [2.45, 2.75) is 12.0 Å². The number of fused-ring (bicyclic) bond motifs is 3. The molecule has 2 aliphatic rings. The van der Waals surface area contributed by atoms with Crippen molar-refractivity contribution in [3.05, 3.63) is 47.8 Å². The summed E-state index contributed by atoms with van der Waals surface area (Å²) >= 11 is 0. The third-order valence-electron chi connectivity index (χ3n) is 4.27. The van der Waals surface area contributed by atoms with Crippen molar-refractivity contribution in [1.29, 1.82) is 5.41 Å². The predicted octanol–water partition coefficient (Wildman–Crippen LogP) is 1.81. The van der Waals surface area contributed by atoms with Crippen LogP contribution in [-0.4, -0.2) is 30.0 Å². The predicted molar refractivity (Wildman–Crippen MR) is 84.4 cm³/mol. The molecule has 1 aromatic heterocycles. The third kappa shape index (κ3) is 2.25. The molecule has 3 N–H and O–H groups in total. The van der Waals surface area contributed by atoms with Crippen LogP contribution in [-0.2, 0) is 9.53 Å². The lowest BCUT2D eigenvalue weighted by atomic mass is 10.1. The fourth-order valence-corrected chi connectivity index (χ4v) is 3.08. The minimum atomic E-state index is -0.248. The number of pyridine rings is 1. The first-order valence-corrected chi connectivity index (χ1v) is 7.45. The van der Waals surface area contributed by atoms with E-state index >= 15 is 0 Å². The van der Waals surface area contributed by atoms with E-state index in [0.29, 0.717) is 17.2 Å². The molecule has 7 heteroatoms. The molecule has 3 unspecified atom stereocenters. The standard InChI is InChI=1S/C17H15N3O4/c1-22-17(21)14-13-10-6-8(2-3-12(10)24-15(13)14)23-9-4-5-20-11(7-9)16(18)19/h2-7,13-15H,1H3,(H3,18,19). The van der Waals surface area contributed by atoms with E-state index < -0.39 is 0 Å². The summed E-state index contributed by atoms with van der Waals surface area (Å²) in [4.78, 5) is 15.7. The number of rotatable bonds is 4. The maximum absolute atomic E-state index is 11.7. The van der Waals surface area contributed by atoms with Gasteiger partial charge in [-0.25, -0.2) is 0 Å². The zero-order chi connectivity index (χ0) is 16.8. The van der Waals surface area contributed by atoms with Crippen molar-refractivity contribution in [2.24, 2.45) is 11.7 Å². The Hall–Kier alpha value is -3.09. The number of hydrogen-bond donors (Lipinski definition) is 2. The van der Waals surface area contributed by atoms with Gasteiger partial charge in [0, 0.05) is 23.7 Å². The summed E-state index contributed by atoms with van der Waals surface area (Å²) < 4.78 is 16.4. The summed E-state index contributed by atoms with van der Waals surface area (Å²) in [5.74, 6) is 1.35. The molecule has 2 heterocycles. The number of benzene rings is 1. The molecule has 2 aromatic rings. The Morgan fingerprint density at radius 1 is 1.29 bits per heavy atom. The molecule has 1 fully saturated rings. The van der Waals surface area contributed by atoms with Crippen molar-refractivity contribution in [3.8, 4) is 17.2 Å². The molecule has 0 spiro atoms. The SMILES string of the molecule is COC(=O)C1C2Oc3ccc(Oc4ccnc(C(=N)N)c4)cc3C21. The van der Waals surface area contributed by atoms with Crippen LogP contribution in [0.2, 0.25) is 0 Å². The first kappa shape index (κ1) is 14.5. The Morgan fingerprint density at radius 2 is 2.08 bits per heavy atom. The maximum atomic E-state index is 11.7. The summed E-state index contributed by atoms with van der Waals surface area (Å²) in [6.45, 7) is 0. The van der Waals surface area contributed by atoms with Crippen LogP contribution in [0, 0.1) is 11.3 Å². The molecule has 0 amide bonds. The van der Waals surface area contributed by atoms with Gasteiger partial charge in [0.05, 0.1) is 7.11 Å². The molecular weight excluding hydrogens is 310 g/mol. The van der Waals surface area contributed by atoms with Gasteiger partial charge < -0.3 is 19.9 Å². The van der Waals surface area contributed by atoms with E-state index in [4.69, 9.17) is 25.4 Å². The van der Waals surface area contributed by atoms with Crippen molar-refractivity contribution in [1.82, 2.24) is 4.98 Å². The van der Waals surface area contributed by atoms with Crippen LogP contribution in [0.1, 0.15) is 17.2 Å². The van der Waals surface area contributed by atoms with Crippen LogP contribution in [0.15, 0.2) is 36.5 Å². The summed E-state index contributed by atoms with van der Waals surface area (Å²) in [7, 11) is 1.38. The number of carbonyl (C=O) groups excluding carboxylic acids is 1. The number of nitrogens with one attached hydrogen (secondary N) is 1.